The van der Waals surface area contributed by atoms with Crippen LogP contribution in [0.4, 0.5) is 0 Å². The topological polar surface area (TPSA) is 60.5 Å². The molecule has 1 saturated carbocycles. The summed E-state index contributed by atoms with van der Waals surface area (Å²) < 4.78 is 11.1. The Morgan fingerprint density at radius 3 is 2.57 bits per heavy atom. The van der Waals surface area contributed by atoms with E-state index in [9.17, 15) is 4.79 Å². The van der Waals surface area contributed by atoms with Crippen molar-refractivity contribution in [2.45, 2.75) is 19.4 Å². The van der Waals surface area contributed by atoms with Crippen LogP contribution < -0.4 is 14.8 Å². The first-order valence-corrected chi connectivity index (χ1v) is 7.84. The number of para-hydroxylation sites is 1. The molecule has 1 aliphatic rings. The van der Waals surface area contributed by atoms with Crippen LogP contribution in [0.3, 0.4) is 0 Å². The molecule has 0 spiro atoms. The molecule has 1 aromatic carbocycles. The molecule has 5 nitrogen and oxygen atoms in total. The van der Waals surface area contributed by atoms with Gasteiger partial charge >= 0.3 is 0 Å². The Hall–Kier alpha value is -2.56. The lowest BCUT2D eigenvalue weighted by atomic mass is 10.2. The second-order valence-electron chi connectivity index (χ2n) is 5.51. The Morgan fingerprint density at radius 2 is 1.87 bits per heavy atom. The van der Waals surface area contributed by atoms with Gasteiger partial charge in [0.1, 0.15) is 19.0 Å². The normalized spacial score (nSPS) is 13.4. The summed E-state index contributed by atoms with van der Waals surface area (Å²) in [5, 5.41) is 2.91. The molecule has 0 atom stereocenters. The van der Waals surface area contributed by atoms with E-state index in [0.29, 0.717) is 25.6 Å². The van der Waals surface area contributed by atoms with Gasteiger partial charge in [0, 0.05) is 24.7 Å². The summed E-state index contributed by atoms with van der Waals surface area (Å²) in [7, 11) is 0. The Morgan fingerprint density at radius 1 is 1.09 bits per heavy atom. The summed E-state index contributed by atoms with van der Waals surface area (Å²) in [5.74, 6) is 1.75. The second kappa shape index (κ2) is 7.63. The third kappa shape index (κ3) is 4.98. The molecule has 2 aromatic rings. The van der Waals surface area contributed by atoms with E-state index in [1.807, 2.05) is 36.4 Å². The molecule has 1 heterocycles. The highest BCUT2D eigenvalue weighted by Crippen LogP contribution is 2.28. The van der Waals surface area contributed by atoms with Crippen molar-refractivity contribution in [3.8, 4) is 11.6 Å². The van der Waals surface area contributed by atoms with E-state index in [4.69, 9.17) is 9.47 Å². The van der Waals surface area contributed by atoms with Crippen LogP contribution in [0.1, 0.15) is 18.4 Å². The molecular formula is C18H20N2O3. The molecule has 120 valence electrons. The first kappa shape index (κ1) is 15.3. The molecule has 5 heteroatoms. The minimum atomic E-state index is 0.142. The van der Waals surface area contributed by atoms with Crippen molar-refractivity contribution in [2.24, 2.45) is 5.92 Å². The van der Waals surface area contributed by atoms with Gasteiger partial charge in [0.15, 0.2) is 0 Å². The predicted octanol–water partition coefficient (Wildman–Crippen LogP) is 2.57. The standard InChI is InChI=1S/C18H20N2O3/c21-18(15-7-8-15)20-13-14-6-9-17(19-12-14)23-11-10-22-16-4-2-1-3-5-16/h1-6,9,12,15H,7-8,10-11,13H2,(H,20,21). The van der Waals surface area contributed by atoms with Crippen LogP contribution >= 0.6 is 0 Å². The van der Waals surface area contributed by atoms with Crippen molar-refractivity contribution in [3.05, 3.63) is 54.2 Å². The summed E-state index contributed by atoms with van der Waals surface area (Å²) >= 11 is 0. The number of rotatable bonds is 8. The van der Waals surface area contributed by atoms with Crippen molar-refractivity contribution in [3.63, 3.8) is 0 Å². The number of pyridine rings is 1. The number of hydrogen-bond acceptors (Lipinski definition) is 4. The molecular weight excluding hydrogens is 292 g/mol. The number of hydrogen-bond donors (Lipinski definition) is 1. The smallest absolute Gasteiger partial charge is 0.223 e. The lowest BCUT2D eigenvalue weighted by molar-refractivity contribution is -0.122. The Bertz CT molecular complexity index is 624. The fraction of sp³-hybridized carbons (Fsp3) is 0.333. The number of nitrogens with one attached hydrogen (secondary N) is 1. The first-order valence-electron chi connectivity index (χ1n) is 7.84. The lowest BCUT2D eigenvalue weighted by Crippen LogP contribution is -2.24. The molecule has 1 N–H and O–H groups in total. The van der Waals surface area contributed by atoms with Gasteiger partial charge in [0.2, 0.25) is 11.8 Å². The molecule has 0 saturated heterocycles. The number of benzene rings is 1. The van der Waals surface area contributed by atoms with Crippen LogP contribution in [0.25, 0.3) is 0 Å². The van der Waals surface area contributed by atoms with Gasteiger partial charge in [-0.15, -0.1) is 0 Å². The summed E-state index contributed by atoms with van der Waals surface area (Å²) in [6.45, 7) is 1.41. The quantitative estimate of drug-likeness (QED) is 0.761. The van der Waals surface area contributed by atoms with Gasteiger partial charge in [-0.1, -0.05) is 24.3 Å². The van der Waals surface area contributed by atoms with Gasteiger partial charge in [-0.05, 0) is 30.5 Å². The number of nitrogens with zero attached hydrogens (tertiary/aromatic N) is 1. The highest BCUT2D eigenvalue weighted by atomic mass is 16.5. The van der Waals surface area contributed by atoms with Crippen molar-refractivity contribution >= 4 is 5.91 Å². The molecule has 0 aliphatic heterocycles. The fourth-order valence-electron chi connectivity index (χ4n) is 2.10. The third-order valence-corrected chi connectivity index (χ3v) is 3.56. The van der Waals surface area contributed by atoms with E-state index < -0.39 is 0 Å². The third-order valence-electron chi connectivity index (χ3n) is 3.56. The van der Waals surface area contributed by atoms with E-state index in [0.717, 1.165) is 24.2 Å². The number of amides is 1. The number of carbonyl (C=O) groups is 1. The SMILES string of the molecule is O=C(NCc1ccc(OCCOc2ccccc2)nc1)C1CC1. The largest absolute Gasteiger partial charge is 0.490 e. The zero-order valence-electron chi connectivity index (χ0n) is 12.9. The molecule has 0 radical (unpaired) electrons. The lowest BCUT2D eigenvalue weighted by Gasteiger charge is -2.08. The second-order valence-corrected chi connectivity index (χ2v) is 5.51. The van der Waals surface area contributed by atoms with Crippen molar-refractivity contribution in [1.29, 1.82) is 0 Å². The molecule has 23 heavy (non-hydrogen) atoms. The maximum absolute atomic E-state index is 11.6. The van der Waals surface area contributed by atoms with E-state index in [2.05, 4.69) is 10.3 Å². The number of aromatic nitrogens is 1. The van der Waals surface area contributed by atoms with E-state index in [1.165, 1.54) is 0 Å². The summed E-state index contributed by atoms with van der Waals surface area (Å²) in [6, 6.07) is 13.3. The Balaban J connectivity index is 1.36. The molecule has 1 amide bonds. The number of carbonyl (C=O) groups excluding carboxylic acids is 1. The molecule has 1 aliphatic carbocycles. The van der Waals surface area contributed by atoms with Crippen LogP contribution in [0.5, 0.6) is 11.6 Å². The maximum Gasteiger partial charge on any atom is 0.223 e. The summed E-state index contributed by atoms with van der Waals surface area (Å²) in [4.78, 5) is 15.8. The van der Waals surface area contributed by atoms with Crippen LogP contribution in [-0.2, 0) is 11.3 Å². The van der Waals surface area contributed by atoms with E-state index >= 15 is 0 Å². The van der Waals surface area contributed by atoms with Crippen molar-refractivity contribution in [2.75, 3.05) is 13.2 Å². The molecule has 0 unspecified atom stereocenters. The zero-order chi connectivity index (χ0) is 15.9. The van der Waals surface area contributed by atoms with E-state index in [-0.39, 0.29) is 11.8 Å². The molecule has 1 fully saturated rings. The first-order chi connectivity index (χ1) is 11.3. The number of ether oxygens (including phenoxy) is 2. The summed E-state index contributed by atoms with van der Waals surface area (Å²) in [5.41, 5.74) is 0.965. The van der Waals surface area contributed by atoms with Crippen molar-refractivity contribution < 1.29 is 14.3 Å². The summed E-state index contributed by atoms with van der Waals surface area (Å²) in [6.07, 6.45) is 3.75. The maximum atomic E-state index is 11.6. The molecule has 3 rings (SSSR count). The zero-order valence-corrected chi connectivity index (χ0v) is 12.9. The van der Waals surface area contributed by atoms with Gasteiger partial charge in [0.25, 0.3) is 0 Å². The van der Waals surface area contributed by atoms with Gasteiger partial charge < -0.3 is 14.8 Å². The molecule has 0 bridgehead atoms. The monoisotopic (exact) mass is 312 g/mol. The van der Waals surface area contributed by atoms with Gasteiger partial charge in [0.05, 0.1) is 0 Å². The van der Waals surface area contributed by atoms with Crippen LogP contribution in [0, 0.1) is 5.92 Å². The average Bonchev–Trinajstić information content (AvgIpc) is 3.44. The predicted molar refractivity (Wildman–Crippen MR) is 86.2 cm³/mol. The van der Waals surface area contributed by atoms with Crippen LogP contribution in [-0.4, -0.2) is 24.1 Å². The highest BCUT2D eigenvalue weighted by Gasteiger charge is 2.29. The van der Waals surface area contributed by atoms with Crippen LogP contribution in [0.15, 0.2) is 48.7 Å². The van der Waals surface area contributed by atoms with Gasteiger partial charge in [-0.25, -0.2) is 4.98 Å². The average molecular weight is 312 g/mol. The minimum Gasteiger partial charge on any atom is -0.490 e. The van der Waals surface area contributed by atoms with Gasteiger partial charge in [-0.2, -0.15) is 0 Å². The fourth-order valence-corrected chi connectivity index (χ4v) is 2.10. The minimum absolute atomic E-state index is 0.142. The van der Waals surface area contributed by atoms with Crippen LogP contribution in [0.2, 0.25) is 0 Å². The van der Waals surface area contributed by atoms with Crippen molar-refractivity contribution in [1.82, 2.24) is 10.3 Å². The Kier molecular flexibility index (Phi) is 5.09. The van der Waals surface area contributed by atoms with E-state index in [1.54, 1.807) is 12.3 Å². The Labute approximate surface area is 135 Å². The molecule has 1 aromatic heterocycles. The highest BCUT2D eigenvalue weighted by molar-refractivity contribution is 5.80. The van der Waals surface area contributed by atoms with Gasteiger partial charge in [-0.3, -0.25) is 4.79 Å².